The Bertz CT molecular complexity index is 161. The summed E-state index contributed by atoms with van der Waals surface area (Å²) in [4.78, 5) is 0. The molecule has 4 unspecified atom stereocenters. The summed E-state index contributed by atoms with van der Waals surface area (Å²) in [6.07, 6.45) is 7.34. The molecule has 1 heterocycles. The Kier molecular flexibility index (Phi) is 2.89. The fourth-order valence-electron chi connectivity index (χ4n) is 2.74. The molecule has 0 aromatic heterocycles. The lowest BCUT2D eigenvalue weighted by molar-refractivity contribution is -0.268. The molecule has 0 aromatic carbocycles. The van der Waals surface area contributed by atoms with Gasteiger partial charge in [-0.3, -0.25) is 0 Å². The molecule has 1 aliphatic carbocycles. The molecule has 0 bridgehead atoms. The van der Waals surface area contributed by atoms with Crippen molar-refractivity contribution in [2.75, 3.05) is 0 Å². The summed E-state index contributed by atoms with van der Waals surface area (Å²) in [7, 11) is 0. The molecule has 1 saturated heterocycles. The maximum atomic E-state index is 5.80. The highest BCUT2D eigenvalue weighted by Crippen LogP contribution is 2.36. The van der Waals surface area contributed by atoms with E-state index in [0.717, 1.165) is 6.42 Å². The molecule has 0 amide bonds. The van der Waals surface area contributed by atoms with Crippen molar-refractivity contribution in [3.63, 3.8) is 0 Å². The molecule has 2 heteroatoms. The van der Waals surface area contributed by atoms with Crippen molar-refractivity contribution in [1.82, 2.24) is 0 Å². The lowest BCUT2D eigenvalue weighted by Crippen LogP contribution is -2.46. The molecular weight excluding hydrogens is 164 g/mol. The van der Waals surface area contributed by atoms with E-state index < -0.39 is 0 Å². The quantitative estimate of drug-likeness (QED) is 0.624. The topological polar surface area (TPSA) is 18.5 Å². The monoisotopic (exact) mass is 184 g/mol. The maximum Gasteiger partial charge on any atom is 0.155 e. The third-order valence-corrected chi connectivity index (χ3v) is 3.37. The van der Waals surface area contributed by atoms with Crippen molar-refractivity contribution < 1.29 is 9.47 Å². The second-order valence-electron chi connectivity index (χ2n) is 4.27. The molecule has 4 atom stereocenters. The van der Waals surface area contributed by atoms with Gasteiger partial charge >= 0.3 is 0 Å². The number of hydrogen-bond acceptors (Lipinski definition) is 2. The molecule has 0 radical (unpaired) electrons. The Morgan fingerprint density at radius 1 is 1.15 bits per heavy atom. The van der Waals surface area contributed by atoms with E-state index in [2.05, 4.69) is 6.92 Å². The van der Waals surface area contributed by atoms with Crippen LogP contribution in [0.15, 0.2) is 0 Å². The fourth-order valence-corrected chi connectivity index (χ4v) is 2.74. The van der Waals surface area contributed by atoms with Crippen molar-refractivity contribution in [3.8, 4) is 0 Å². The molecule has 76 valence electrons. The van der Waals surface area contributed by atoms with E-state index in [4.69, 9.17) is 9.47 Å². The summed E-state index contributed by atoms with van der Waals surface area (Å²) in [5.41, 5.74) is 0. The van der Waals surface area contributed by atoms with E-state index >= 15 is 0 Å². The third kappa shape index (κ3) is 1.89. The van der Waals surface area contributed by atoms with Crippen LogP contribution >= 0.6 is 0 Å². The van der Waals surface area contributed by atoms with Gasteiger partial charge in [-0.25, -0.2) is 0 Å². The van der Waals surface area contributed by atoms with Gasteiger partial charge in [0.05, 0.1) is 12.2 Å². The number of hydrogen-bond donors (Lipinski definition) is 0. The second-order valence-corrected chi connectivity index (χ2v) is 4.27. The first kappa shape index (κ1) is 9.47. The summed E-state index contributed by atoms with van der Waals surface area (Å²) in [5.74, 6) is 0.676. The first-order valence-electron chi connectivity index (χ1n) is 5.62. The van der Waals surface area contributed by atoms with E-state index in [1.807, 2.05) is 6.92 Å². The molecule has 0 aromatic rings. The van der Waals surface area contributed by atoms with Gasteiger partial charge in [-0.15, -0.1) is 0 Å². The van der Waals surface area contributed by atoms with Crippen molar-refractivity contribution in [1.29, 1.82) is 0 Å². The molecule has 2 rings (SSSR count). The summed E-state index contributed by atoms with van der Waals surface area (Å²) < 4.78 is 11.6. The highest BCUT2D eigenvalue weighted by atomic mass is 16.7. The van der Waals surface area contributed by atoms with Crippen LogP contribution in [0.25, 0.3) is 0 Å². The van der Waals surface area contributed by atoms with Gasteiger partial charge in [0.2, 0.25) is 0 Å². The van der Waals surface area contributed by atoms with Crippen molar-refractivity contribution in [2.24, 2.45) is 5.92 Å². The second kappa shape index (κ2) is 3.97. The van der Waals surface area contributed by atoms with E-state index in [1.165, 1.54) is 25.7 Å². The number of ether oxygens (including phenoxy) is 2. The average Bonchev–Trinajstić information content (AvgIpc) is 2.16. The summed E-state index contributed by atoms with van der Waals surface area (Å²) in [6, 6.07) is 0. The van der Waals surface area contributed by atoms with Crippen molar-refractivity contribution in [2.45, 2.75) is 64.4 Å². The molecule has 2 fully saturated rings. The minimum absolute atomic E-state index is 0.0179. The van der Waals surface area contributed by atoms with Crippen molar-refractivity contribution in [3.05, 3.63) is 0 Å². The Morgan fingerprint density at radius 3 is 2.69 bits per heavy atom. The lowest BCUT2D eigenvalue weighted by Gasteiger charge is -2.43. The van der Waals surface area contributed by atoms with Crippen LogP contribution in [-0.4, -0.2) is 18.5 Å². The third-order valence-electron chi connectivity index (χ3n) is 3.37. The van der Waals surface area contributed by atoms with Crippen LogP contribution in [0, 0.1) is 5.92 Å². The molecular formula is C11H20O2. The van der Waals surface area contributed by atoms with Gasteiger partial charge in [0.1, 0.15) is 0 Å². The summed E-state index contributed by atoms with van der Waals surface area (Å²) >= 11 is 0. The number of fused-ring (bicyclic) bond motifs is 1. The van der Waals surface area contributed by atoms with E-state index in [1.54, 1.807) is 0 Å². The van der Waals surface area contributed by atoms with Gasteiger partial charge in [-0.2, -0.15) is 0 Å². The zero-order chi connectivity index (χ0) is 9.26. The van der Waals surface area contributed by atoms with Gasteiger partial charge in [0.25, 0.3) is 0 Å². The first-order chi connectivity index (χ1) is 6.31. The normalized spacial score (nSPS) is 45.7. The lowest BCUT2D eigenvalue weighted by atomic mass is 9.81. The smallest absolute Gasteiger partial charge is 0.155 e. The zero-order valence-corrected chi connectivity index (χ0v) is 8.66. The zero-order valence-electron chi connectivity index (χ0n) is 8.66. The van der Waals surface area contributed by atoms with Gasteiger partial charge in [0.15, 0.2) is 6.29 Å². The van der Waals surface area contributed by atoms with Gasteiger partial charge in [-0.1, -0.05) is 19.8 Å². The highest BCUT2D eigenvalue weighted by molar-refractivity contribution is 4.84. The van der Waals surface area contributed by atoms with Crippen LogP contribution in [0.4, 0.5) is 0 Å². The molecule has 0 N–H and O–H groups in total. The molecule has 1 saturated carbocycles. The van der Waals surface area contributed by atoms with Gasteiger partial charge in [0, 0.05) is 5.92 Å². The van der Waals surface area contributed by atoms with Crippen LogP contribution < -0.4 is 0 Å². The van der Waals surface area contributed by atoms with Crippen LogP contribution in [0.3, 0.4) is 0 Å². The largest absolute Gasteiger partial charge is 0.349 e. The molecule has 2 nitrogen and oxygen atoms in total. The fraction of sp³-hybridized carbons (Fsp3) is 1.00. The minimum atomic E-state index is 0.0179. The Hall–Kier alpha value is -0.0800. The van der Waals surface area contributed by atoms with E-state index in [9.17, 15) is 0 Å². The summed E-state index contributed by atoms with van der Waals surface area (Å²) in [6.45, 7) is 4.24. The number of rotatable bonds is 1. The Labute approximate surface area is 80.6 Å². The SMILES string of the molecule is CCC1OC(C)OC2CCCCC12. The van der Waals surface area contributed by atoms with Crippen LogP contribution in [0.5, 0.6) is 0 Å². The maximum absolute atomic E-state index is 5.80. The highest BCUT2D eigenvalue weighted by Gasteiger charge is 2.38. The van der Waals surface area contributed by atoms with Crippen LogP contribution in [0.2, 0.25) is 0 Å². The predicted octanol–water partition coefficient (Wildman–Crippen LogP) is 2.72. The summed E-state index contributed by atoms with van der Waals surface area (Å²) in [5, 5.41) is 0. The molecule has 0 spiro atoms. The first-order valence-corrected chi connectivity index (χ1v) is 5.62. The standard InChI is InChI=1S/C11H20O2/c1-3-10-9-6-4-5-7-11(9)13-8(2)12-10/h8-11H,3-7H2,1-2H3. The molecule has 1 aliphatic heterocycles. The average molecular weight is 184 g/mol. The molecule has 13 heavy (non-hydrogen) atoms. The van der Waals surface area contributed by atoms with Crippen molar-refractivity contribution >= 4 is 0 Å². The van der Waals surface area contributed by atoms with E-state index in [0.29, 0.717) is 18.1 Å². The van der Waals surface area contributed by atoms with Crippen LogP contribution in [0.1, 0.15) is 46.0 Å². The predicted molar refractivity (Wildman–Crippen MR) is 51.5 cm³/mol. The van der Waals surface area contributed by atoms with Gasteiger partial charge < -0.3 is 9.47 Å². The minimum Gasteiger partial charge on any atom is -0.349 e. The van der Waals surface area contributed by atoms with E-state index in [-0.39, 0.29) is 6.29 Å². The Balaban J connectivity index is 2.02. The Morgan fingerprint density at radius 2 is 1.92 bits per heavy atom. The van der Waals surface area contributed by atoms with Crippen LogP contribution in [-0.2, 0) is 9.47 Å². The van der Waals surface area contributed by atoms with Gasteiger partial charge in [-0.05, 0) is 26.2 Å². The molecule has 2 aliphatic rings.